The number of ether oxygens (including phenoxy) is 3. The molecule has 7 heteroatoms. The average molecular weight is 777 g/mol. The van der Waals surface area contributed by atoms with E-state index in [1.807, 2.05) is 0 Å². The fourth-order valence-electron chi connectivity index (χ4n) is 11.5. The Balaban J connectivity index is 1.60. The Morgan fingerprint density at radius 2 is 1.13 bits per heavy atom. The molecule has 326 valence electrons. The van der Waals surface area contributed by atoms with Gasteiger partial charge in [0.05, 0.1) is 18.3 Å². The number of rotatable bonds is 30. The molecule has 0 aliphatic heterocycles. The van der Waals surface area contributed by atoms with Crippen molar-refractivity contribution in [3.05, 3.63) is 0 Å². The Kier molecular flexibility index (Phi) is 25.2. The molecule has 3 fully saturated rings. The third kappa shape index (κ3) is 16.4. The number of unbranched alkanes of at least 4 members (excludes halogenated alkanes) is 11. The van der Waals surface area contributed by atoms with E-state index in [0.717, 1.165) is 77.7 Å². The smallest absolute Gasteiger partial charge is 0.0636 e. The van der Waals surface area contributed by atoms with E-state index in [0.29, 0.717) is 55.3 Å². The molecule has 1 unspecified atom stereocenters. The molecule has 55 heavy (non-hydrogen) atoms. The van der Waals surface area contributed by atoms with Gasteiger partial charge in [0.15, 0.2) is 0 Å². The molecule has 7 nitrogen and oxygen atoms in total. The zero-order chi connectivity index (χ0) is 39.8. The van der Waals surface area contributed by atoms with Gasteiger partial charge in [0.2, 0.25) is 0 Å². The molecule has 0 heterocycles. The molecular formula is C48H96N4O3. The maximum absolute atomic E-state index is 7.12. The van der Waals surface area contributed by atoms with Crippen LogP contribution in [0.3, 0.4) is 0 Å². The van der Waals surface area contributed by atoms with Crippen molar-refractivity contribution in [2.75, 3.05) is 52.5 Å². The van der Waals surface area contributed by atoms with Crippen LogP contribution in [0.1, 0.15) is 195 Å². The van der Waals surface area contributed by atoms with E-state index in [-0.39, 0.29) is 23.0 Å². The van der Waals surface area contributed by atoms with E-state index >= 15 is 0 Å². The Morgan fingerprint density at radius 1 is 0.600 bits per heavy atom. The third-order valence-electron chi connectivity index (χ3n) is 15.5. The topological polar surface area (TPSA) is 118 Å². The van der Waals surface area contributed by atoms with Crippen LogP contribution >= 0.6 is 0 Å². The maximum atomic E-state index is 7.12. The van der Waals surface area contributed by atoms with Gasteiger partial charge in [0.1, 0.15) is 0 Å². The summed E-state index contributed by atoms with van der Waals surface area (Å²) in [6.45, 7) is 19.4. The van der Waals surface area contributed by atoms with Gasteiger partial charge in [0, 0.05) is 19.8 Å². The summed E-state index contributed by atoms with van der Waals surface area (Å²) in [7, 11) is 0. The first-order valence-electron chi connectivity index (χ1n) is 24.4. The fraction of sp³-hybridized carbons (Fsp3) is 1.00. The molecule has 3 aliphatic carbocycles. The van der Waals surface area contributed by atoms with E-state index in [1.54, 1.807) is 0 Å². The summed E-state index contributed by atoms with van der Waals surface area (Å²) in [5, 5.41) is 3.82. The van der Waals surface area contributed by atoms with Gasteiger partial charge in [-0.25, -0.2) is 0 Å². The first kappa shape index (κ1) is 49.1. The molecule has 3 rings (SSSR count). The van der Waals surface area contributed by atoms with Crippen molar-refractivity contribution in [3.63, 3.8) is 0 Å². The minimum Gasteiger partial charge on any atom is -0.378 e. The summed E-state index contributed by atoms with van der Waals surface area (Å²) in [5.41, 5.74) is 18.2. The molecule has 0 saturated heterocycles. The second kappa shape index (κ2) is 28.2. The van der Waals surface area contributed by atoms with Gasteiger partial charge < -0.3 is 36.7 Å². The van der Waals surface area contributed by atoms with Crippen LogP contribution in [0.4, 0.5) is 0 Å². The molecular weight excluding hydrogens is 681 g/mol. The van der Waals surface area contributed by atoms with Crippen LogP contribution in [0.15, 0.2) is 0 Å². The van der Waals surface area contributed by atoms with Crippen LogP contribution in [0.25, 0.3) is 0 Å². The largest absolute Gasteiger partial charge is 0.378 e. The van der Waals surface area contributed by atoms with Gasteiger partial charge in [-0.1, -0.05) is 105 Å². The second-order valence-corrected chi connectivity index (χ2v) is 19.4. The number of fused-ring (bicyclic) bond motifs is 2. The van der Waals surface area contributed by atoms with Gasteiger partial charge in [-0.2, -0.15) is 0 Å². The van der Waals surface area contributed by atoms with Crippen molar-refractivity contribution < 1.29 is 14.2 Å². The Bertz CT molecular complexity index is 941. The van der Waals surface area contributed by atoms with Gasteiger partial charge in [-0.05, 0) is 163 Å². The fourth-order valence-corrected chi connectivity index (χ4v) is 11.5. The monoisotopic (exact) mass is 777 g/mol. The van der Waals surface area contributed by atoms with Gasteiger partial charge in [-0.15, -0.1) is 0 Å². The zero-order valence-corrected chi connectivity index (χ0v) is 37.4. The molecule has 0 bridgehead atoms. The molecule has 0 spiro atoms. The molecule has 0 aromatic carbocycles. The van der Waals surface area contributed by atoms with Gasteiger partial charge in [-0.3, -0.25) is 0 Å². The van der Waals surface area contributed by atoms with Crippen molar-refractivity contribution in [1.82, 2.24) is 5.32 Å². The highest BCUT2D eigenvalue weighted by molar-refractivity contribution is 5.05. The summed E-state index contributed by atoms with van der Waals surface area (Å²) in [6.07, 6.45) is 32.7. The van der Waals surface area contributed by atoms with Crippen LogP contribution in [-0.2, 0) is 14.2 Å². The molecule has 0 aromatic rings. The quantitative estimate of drug-likeness (QED) is 0.0537. The molecule has 0 radical (unpaired) electrons. The normalized spacial score (nSPS) is 32.0. The molecule has 3 saturated carbocycles. The van der Waals surface area contributed by atoms with Crippen LogP contribution < -0.4 is 22.5 Å². The Labute approximate surface area is 342 Å². The lowest BCUT2D eigenvalue weighted by Crippen LogP contribution is -2.51. The highest BCUT2D eigenvalue weighted by Gasteiger charge is 2.56. The zero-order valence-electron chi connectivity index (χ0n) is 37.4. The molecule has 7 N–H and O–H groups in total. The summed E-state index contributed by atoms with van der Waals surface area (Å²) >= 11 is 0. The Morgan fingerprint density at radius 3 is 1.75 bits per heavy atom. The summed E-state index contributed by atoms with van der Waals surface area (Å²) in [4.78, 5) is 0. The predicted molar refractivity (Wildman–Crippen MR) is 235 cm³/mol. The van der Waals surface area contributed by atoms with Crippen molar-refractivity contribution in [3.8, 4) is 0 Å². The standard InChI is InChI=1S/C48H96N4O3/c1-6-7-8-9-10-11-12-13-14-15-16-17-30-52-31-18-22-39(2)45-24-23-41-36-44(54-33-20-28-50)38-42-37-43(53-32-19-27-49)25-26-47(42,4)40(3)35-46(48(41,45)5)55-34-21-29-51/h39-46,52H,6-38,49-51H2,1-5H3/t39-,40-,41+,42?,43-,44+,45-,46+,47-,48+/m1/s1. The lowest BCUT2D eigenvalue weighted by Gasteiger charge is -2.54. The number of nitrogens with one attached hydrogen (secondary N) is 1. The first-order chi connectivity index (χ1) is 26.7. The number of nitrogens with two attached hydrogens (primary N) is 3. The van der Waals surface area contributed by atoms with E-state index in [2.05, 4.69) is 39.9 Å². The SMILES string of the molecule is CCCCCCCCCCCCCCNCCC[C@@H](C)[C@H]1CC[C@H]2C[C@H](OCCCN)CC3C[C@H](OCCCN)CC[C@]3(C)[C@H](C)C[C@H](OCCCN)[C@@]21C. The number of hydrogen-bond acceptors (Lipinski definition) is 7. The van der Waals surface area contributed by atoms with Crippen molar-refractivity contribution in [1.29, 1.82) is 0 Å². The Hall–Kier alpha value is -0.280. The predicted octanol–water partition coefficient (Wildman–Crippen LogP) is 10.6. The third-order valence-corrected chi connectivity index (χ3v) is 15.5. The van der Waals surface area contributed by atoms with Crippen LogP contribution in [0.2, 0.25) is 0 Å². The minimum atomic E-state index is 0.131. The van der Waals surface area contributed by atoms with Crippen LogP contribution in [0, 0.1) is 40.4 Å². The van der Waals surface area contributed by atoms with E-state index in [9.17, 15) is 0 Å². The lowest BCUT2D eigenvalue weighted by atomic mass is 9.54. The molecule has 10 atom stereocenters. The highest BCUT2D eigenvalue weighted by Crippen LogP contribution is 2.60. The first-order valence-corrected chi connectivity index (χ1v) is 24.4. The highest BCUT2D eigenvalue weighted by atomic mass is 16.5. The lowest BCUT2D eigenvalue weighted by molar-refractivity contribution is -0.135. The van der Waals surface area contributed by atoms with Crippen molar-refractivity contribution >= 4 is 0 Å². The maximum Gasteiger partial charge on any atom is 0.0636 e. The molecule has 0 amide bonds. The summed E-state index contributed by atoms with van der Waals surface area (Å²) in [6, 6.07) is 0. The molecule has 0 aromatic heterocycles. The second-order valence-electron chi connectivity index (χ2n) is 19.4. The summed E-state index contributed by atoms with van der Waals surface area (Å²) < 4.78 is 20.4. The van der Waals surface area contributed by atoms with Gasteiger partial charge in [0.25, 0.3) is 0 Å². The van der Waals surface area contributed by atoms with E-state index < -0.39 is 0 Å². The van der Waals surface area contributed by atoms with E-state index in [1.165, 1.54) is 116 Å². The van der Waals surface area contributed by atoms with Crippen molar-refractivity contribution in [2.45, 2.75) is 213 Å². The molecule has 3 aliphatic rings. The van der Waals surface area contributed by atoms with Crippen LogP contribution in [0.5, 0.6) is 0 Å². The van der Waals surface area contributed by atoms with E-state index in [4.69, 9.17) is 31.4 Å². The summed E-state index contributed by atoms with van der Waals surface area (Å²) in [5.74, 6) is 3.10. The van der Waals surface area contributed by atoms with Crippen molar-refractivity contribution in [2.24, 2.45) is 57.6 Å². The van der Waals surface area contributed by atoms with Gasteiger partial charge >= 0.3 is 0 Å². The average Bonchev–Trinajstić information content (AvgIpc) is 3.51. The minimum absolute atomic E-state index is 0.131. The number of hydrogen-bond donors (Lipinski definition) is 4. The van der Waals surface area contributed by atoms with Crippen LogP contribution in [-0.4, -0.2) is 70.9 Å².